The fourth-order valence-corrected chi connectivity index (χ4v) is 5.32. The quantitative estimate of drug-likeness (QED) is 0.394. The van der Waals surface area contributed by atoms with Gasteiger partial charge in [-0.05, 0) is 24.5 Å². The van der Waals surface area contributed by atoms with Crippen LogP contribution in [0.4, 0.5) is 5.82 Å². The number of ether oxygens (including phenoxy) is 1. The van der Waals surface area contributed by atoms with Gasteiger partial charge in [0.1, 0.15) is 10.6 Å². The maximum absolute atomic E-state index is 6.17. The van der Waals surface area contributed by atoms with Gasteiger partial charge in [0.15, 0.2) is 5.16 Å². The van der Waals surface area contributed by atoms with Crippen LogP contribution in [0.2, 0.25) is 0 Å². The molecule has 0 spiro atoms. The van der Waals surface area contributed by atoms with Crippen LogP contribution in [0.25, 0.3) is 10.2 Å². The number of benzene rings is 1. The number of rotatable bonds is 6. The van der Waals surface area contributed by atoms with Gasteiger partial charge < -0.3 is 10.1 Å². The van der Waals surface area contributed by atoms with Crippen molar-refractivity contribution in [2.24, 2.45) is 0 Å². The monoisotopic (exact) mass is 413 g/mol. The SMILES string of the molecule is CC[C@]1(C)Cc2c(sc3nc(SC(C)C)nc(NCc4ccccc4)c23)CO1. The van der Waals surface area contributed by atoms with E-state index >= 15 is 0 Å². The summed E-state index contributed by atoms with van der Waals surface area (Å²) in [5.74, 6) is 0.954. The van der Waals surface area contributed by atoms with E-state index in [2.05, 4.69) is 57.3 Å². The van der Waals surface area contributed by atoms with E-state index < -0.39 is 0 Å². The molecule has 0 amide bonds. The topological polar surface area (TPSA) is 47.0 Å². The molecule has 0 aliphatic carbocycles. The van der Waals surface area contributed by atoms with Crippen LogP contribution in [0.1, 0.15) is 50.1 Å². The van der Waals surface area contributed by atoms with Crippen LogP contribution in [-0.2, 0) is 24.3 Å². The van der Waals surface area contributed by atoms with Crippen molar-refractivity contribution in [1.29, 1.82) is 0 Å². The number of anilines is 1. The molecule has 0 saturated carbocycles. The lowest BCUT2D eigenvalue weighted by Crippen LogP contribution is -2.33. The minimum Gasteiger partial charge on any atom is -0.369 e. The van der Waals surface area contributed by atoms with Gasteiger partial charge in [-0.25, -0.2) is 9.97 Å². The molecule has 6 heteroatoms. The standard InChI is InChI=1S/C22H27N3OS2/c1-5-22(4)11-16-17(13-26-22)28-20-18(16)19(24-21(25-20)27-14(2)3)23-12-15-9-7-6-8-10-15/h6-10,14H,5,11-13H2,1-4H3,(H,23,24,25)/t22-/m1/s1. The second-order valence-corrected chi connectivity index (χ2v) is 10.4. The van der Waals surface area contributed by atoms with E-state index in [1.807, 2.05) is 6.07 Å². The van der Waals surface area contributed by atoms with Crippen molar-refractivity contribution >= 4 is 39.1 Å². The molecule has 1 aromatic carbocycles. The number of thioether (sulfide) groups is 1. The minimum absolute atomic E-state index is 0.108. The summed E-state index contributed by atoms with van der Waals surface area (Å²) in [6.45, 7) is 10.2. The molecule has 1 N–H and O–H groups in total. The Morgan fingerprint density at radius 3 is 2.75 bits per heavy atom. The zero-order chi connectivity index (χ0) is 19.7. The largest absolute Gasteiger partial charge is 0.369 e. The third kappa shape index (κ3) is 4.04. The highest BCUT2D eigenvalue weighted by atomic mass is 32.2. The summed E-state index contributed by atoms with van der Waals surface area (Å²) in [5, 5.41) is 6.08. The summed E-state index contributed by atoms with van der Waals surface area (Å²) in [6, 6.07) is 10.5. The zero-order valence-electron chi connectivity index (χ0n) is 16.9. The zero-order valence-corrected chi connectivity index (χ0v) is 18.5. The van der Waals surface area contributed by atoms with E-state index in [1.165, 1.54) is 21.4 Å². The van der Waals surface area contributed by atoms with Crippen LogP contribution in [0.3, 0.4) is 0 Å². The second-order valence-electron chi connectivity index (χ2n) is 7.81. The molecule has 1 aliphatic rings. The summed E-state index contributed by atoms with van der Waals surface area (Å²) in [4.78, 5) is 12.2. The summed E-state index contributed by atoms with van der Waals surface area (Å²) in [6.07, 6.45) is 1.91. The molecular weight excluding hydrogens is 386 g/mol. The smallest absolute Gasteiger partial charge is 0.191 e. The van der Waals surface area contributed by atoms with E-state index in [9.17, 15) is 0 Å². The van der Waals surface area contributed by atoms with Gasteiger partial charge >= 0.3 is 0 Å². The Bertz CT molecular complexity index is 971. The Morgan fingerprint density at radius 1 is 1.25 bits per heavy atom. The Morgan fingerprint density at radius 2 is 2.04 bits per heavy atom. The van der Waals surface area contributed by atoms with Crippen LogP contribution >= 0.6 is 23.1 Å². The number of hydrogen-bond acceptors (Lipinski definition) is 6. The van der Waals surface area contributed by atoms with E-state index in [0.29, 0.717) is 11.9 Å². The average Bonchev–Trinajstić information content (AvgIpc) is 3.04. The number of aromatic nitrogens is 2. The molecular formula is C22H27N3OS2. The Kier molecular flexibility index (Phi) is 5.63. The maximum Gasteiger partial charge on any atom is 0.191 e. The molecule has 3 heterocycles. The first-order chi connectivity index (χ1) is 13.5. The van der Waals surface area contributed by atoms with Crippen LogP contribution in [0.15, 0.2) is 35.5 Å². The second kappa shape index (κ2) is 8.01. The molecule has 4 nitrogen and oxygen atoms in total. The molecule has 4 rings (SSSR count). The molecule has 3 aromatic rings. The van der Waals surface area contributed by atoms with Gasteiger partial charge in [-0.3, -0.25) is 0 Å². The van der Waals surface area contributed by atoms with Crippen molar-refractivity contribution in [3.8, 4) is 0 Å². The predicted octanol–water partition coefficient (Wildman–Crippen LogP) is 6.05. The molecule has 28 heavy (non-hydrogen) atoms. The number of hydrogen-bond donors (Lipinski definition) is 1. The molecule has 2 aromatic heterocycles. The Labute approximate surface area is 175 Å². The third-order valence-electron chi connectivity index (χ3n) is 5.21. The van der Waals surface area contributed by atoms with Gasteiger partial charge in [0, 0.05) is 23.1 Å². The van der Waals surface area contributed by atoms with Crippen molar-refractivity contribution in [3.63, 3.8) is 0 Å². The first-order valence-electron chi connectivity index (χ1n) is 9.88. The van der Waals surface area contributed by atoms with E-state index in [-0.39, 0.29) is 5.60 Å². The highest BCUT2D eigenvalue weighted by molar-refractivity contribution is 7.99. The Balaban J connectivity index is 1.76. The van der Waals surface area contributed by atoms with Gasteiger partial charge in [0.05, 0.1) is 17.6 Å². The fraction of sp³-hybridized carbons (Fsp3) is 0.455. The highest BCUT2D eigenvalue weighted by Gasteiger charge is 2.33. The molecule has 148 valence electrons. The molecule has 0 fully saturated rings. The van der Waals surface area contributed by atoms with Crippen molar-refractivity contribution in [2.75, 3.05) is 5.32 Å². The fourth-order valence-electron chi connectivity index (χ4n) is 3.45. The van der Waals surface area contributed by atoms with Gasteiger partial charge in [-0.15, -0.1) is 11.3 Å². The Hall–Kier alpha value is -1.63. The normalized spacial score (nSPS) is 19.2. The van der Waals surface area contributed by atoms with Gasteiger partial charge in [0.25, 0.3) is 0 Å². The summed E-state index contributed by atoms with van der Waals surface area (Å²) in [7, 11) is 0. The van der Waals surface area contributed by atoms with E-state index in [4.69, 9.17) is 14.7 Å². The summed E-state index contributed by atoms with van der Waals surface area (Å²) in [5.41, 5.74) is 2.51. The van der Waals surface area contributed by atoms with Crippen LogP contribution in [0.5, 0.6) is 0 Å². The molecule has 0 bridgehead atoms. The van der Waals surface area contributed by atoms with Crippen LogP contribution in [0, 0.1) is 0 Å². The number of fused-ring (bicyclic) bond motifs is 3. The summed E-state index contributed by atoms with van der Waals surface area (Å²) >= 11 is 3.47. The third-order valence-corrected chi connectivity index (χ3v) is 7.17. The van der Waals surface area contributed by atoms with Gasteiger partial charge in [0.2, 0.25) is 0 Å². The van der Waals surface area contributed by atoms with E-state index in [0.717, 1.165) is 35.2 Å². The average molecular weight is 414 g/mol. The first-order valence-corrected chi connectivity index (χ1v) is 11.6. The lowest BCUT2D eigenvalue weighted by atomic mass is 9.90. The first kappa shape index (κ1) is 19.7. The predicted molar refractivity (Wildman–Crippen MR) is 119 cm³/mol. The minimum atomic E-state index is -0.108. The molecule has 0 radical (unpaired) electrons. The summed E-state index contributed by atoms with van der Waals surface area (Å²) < 4.78 is 6.17. The molecule has 0 saturated heterocycles. The number of nitrogens with one attached hydrogen (secondary N) is 1. The molecule has 0 unspecified atom stereocenters. The number of thiophene rings is 1. The van der Waals surface area contributed by atoms with Crippen molar-refractivity contribution in [3.05, 3.63) is 46.3 Å². The van der Waals surface area contributed by atoms with Crippen molar-refractivity contribution in [1.82, 2.24) is 9.97 Å². The van der Waals surface area contributed by atoms with Crippen molar-refractivity contribution in [2.45, 2.75) is 69.7 Å². The number of nitrogens with zero attached hydrogens (tertiary/aromatic N) is 2. The van der Waals surface area contributed by atoms with Crippen LogP contribution < -0.4 is 5.32 Å². The van der Waals surface area contributed by atoms with Gasteiger partial charge in [-0.1, -0.05) is 62.9 Å². The van der Waals surface area contributed by atoms with Crippen molar-refractivity contribution < 1.29 is 4.74 Å². The maximum atomic E-state index is 6.17. The van der Waals surface area contributed by atoms with E-state index in [1.54, 1.807) is 23.1 Å². The molecule has 1 atom stereocenters. The highest BCUT2D eigenvalue weighted by Crippen LogP contribution is 2.42. The van der Waals surface area contributed by atoms with Crippen LogP contribution in [-0.4, -0.2) is 20.8 Å². The molecule has 1 aliphatic heterocycles. The lowest BCUT2D eigenvalue weighted by molar-refractivity contribution is -0.0542. The van der Waals surface area contributed by atoms with Gasteiger partial charge in [-0.2, -0.15) is 0 Å². The lowest BCUT2D eigenvalue weighted by Gasteiger charge is -2.33.